The summed E-state index contributed by atoms with van der Waals surface area (Å²) in [5, 5.41) is 31.6. The highest BCUT2D eigenvalue weighted by Gasteiger charge is 2.30. The van der Waals surface area contributed by atoms with Gasteiger partial charge < -0.3 is 20.4 Å². The molecule has 0 aliphatic carbocycles. The molecule has 9 nitrogen and oxygen atoms in total. The van der Waals surface area contributed by atoms with Crippen molar-refractivity contribution in [3.63, 3.8) is 0 Å². The van der Waals surface area contributed by atoms with Gasteiger partial charge in [0.15, 0.2) is 0 Å². The number of nitro groups is 1. The van der Waals surface area contributed by atoms with Crippen LogP contribution in [0.25, 0.3) is 0 Å². The first-order chi connectivity index (χ1) is 10.4. The molecule has 1 aromatic rings. The molecule has 2 rings (SSSR count). The van der Waals surface area contributed by atoms with E-state index in [9.17, 15) is 20.0 Å². The Hall–Kier alpha value is -2.42. The summed E-state index contributed by atoms with van der Waals surface area (Å²) < 4.78 is 0. The van der Waals surface area contributed by atoms with E-state index in [0.29, 0.717) is 30.9 Å². The number of rotatable bonds is 4. The highest BCUT2D eigenvalue weighted by atomic mass is 16.6. The van der Waals surface area contributed by atoms with E-state index in [0.717, 1.165) is 6.20 Å². The molecule has 0 saturated carbocycles. The Morgan fingerprint density at radius 3 is 2.91 bits per heavy atom. The third-order valence-electron chi connectivity index (χ3n) is 3.61. The fourth-order valence-electron chi connectivity index (χ4n) is 2.79. The highest BCUT2D eigenvalue weighted by Crippen LogP contribution is 2.31. The van der Waals surface area contributed by atoms with E-state index in [2.05, 4.69) is 10.3 Å². The molecule has 0 radical (unpaired) electrons. The average molecular weight is 310 g/mol. The Bertz CT molecular complexity index is 580. The molecule has 3 N–H and O–H groups in total. The second kappa shape index (κ2) is 6.56. The molecule has 0 unspecified atom stereocenters. The van der Waals surface area contributed by atoms with Gasteiger partial charge in [-0.1, -0.05) is 6.92 Å². The highest BCUT2D eigenvalue weighted by molar-refractivity contribution is 5.66. The van der Waals surface area contributed by atoms with Crippen LogP contribution in [-0.4, -0.2) is 45.3 Å². The Balaban J connectivity index is 2.32. The van der Waals surface area contributed by atoms with Gasteiger partial charge in [-0.25, -0.2) is 4.79 Å². The third kappa shape index (κ3) is 3.61. The molecular weight excluding hydrogens is 292 g/mol. The summed E-state index contributed by atoms with van der Waals surface area (Å²) in [6.45, 7) is 2.56. The van der Waals surface area contributed by atoms with Gasteiger partial charge >= 0.3 is 11.8 Å². The van der Waals surface area contributed by atoms with Crippen molar-refractivity contribution in [3.8, 4) is 0 Å². The number of amides is 1. The van der Waals surface area contributed by atoms with Gasteiger partial charge in [-0.2, -0.15) is 0 Å². The van der Waals surface area contributed by atoms with Gasteiger partial charge in [0.25, 0.3) is 0 Å². The molecule has 0 aromatic carbocycles. The molecule has 2 atom stereocenters. The summed E-state index contributed by atoms with van der Waals surface area (Å²) in [5.74, 6) is 0.177. The van der Waals surface area contributed by atoms with Crippen LogP contribution in [0.1, 0.15) is 19.0 Å². The minimum atomic E-state index is -1.11. The van der Waals surface area contributed by atoms with E-state index in [4.69, 9.17) is 5.11 Å². The van der Waals surface area contributed by atoms with Gasteiger partial charge in [0, 0.05) is 19.1 Å². The average Bonchev–Trinajstić information content (AvgIpc) is 2.45. The Labute approximate surface area is 126 Å². The van der Waals surface area contributed by atoms with Crippen LogP contribution in [0, 0.1) is 16.0 Å². The Kier molecular flexibility index (Phi) is 4.76. The van der Waals surface area contributed by atoms with E-state index in [1.54, 1.807) is 4.90 Å². The van der Waals surface area contributed by atoms with Crippen LogP contribution in [0.2, 0.25) is 0 Å². The number of hydrogen-bond acceptors (Lipinski definition) is 6. The summed E-state index contributed by atoms with van der Waals surface area (Å²) in [6.07, 6.45) is 0.688. The lowest BCUT2D eigenvalue weighted by molar-refractivity contribution is -0.384. The molecule has 9 heteroatoms. The topological polar surface area (TPSA) is 129 Å². The molecule has 0 spiro atoms. The third-order valence-corrected chi connectivity index (χ3v) is 3.61. The normalized spacial score (nSPS) is 21.5. The minimum Gasteiger partial charge on any atom is -0.465 e. The van der Waals surface area contributed by atoms with Crippen molar-refractivity contribution in [1.82, 2.24) is 10.3 Å². The fourth-order valence-corrected chi connectivity index (χ4v) is 2.79. The molecular formula is C13H18N4O5. The van der Waals surface area contributed by atoms with Crippen LogP contribution in [0.4, 0.5) is 16.2 Å². The van der Waals surface area contributed by atoms with Crippen molar-refractivity contribution in [2.75, 3.05) is 18.0 Å². The standard InChI is InChI=1S/C13H18N4O5/c1-8-2-9(15-13(19)20)6-16(5-8)11-3-10(7-18)14-4-12(11)17(21)22/h3-4,8-9,15,18H,2,5-7H2,1H3,(H,19,20)/t8-,9+/m1/s1. The monoisotopic (exact) mass is 310 g/mol. The smallest absolute Gasteiger partial charge is 0.404 e. The first kappa shape index (κ1) is 16.0. The van der Waals surface area contributed by atoms with Crippen molar-refractivity contribution in [2.24, 2.45) is 5.92 Å². The van der Waals surface area contributed by atoms with Crippen LogP contribution in [-0.2, 0) is 6.61 Å². The number of hydrogen-bond donors (Lipinski definition) is 3. The zero-order chi connectivity index (χ0) is 16.3. The van der Waals surface area contributed by atoms with E-state index < -0.39 is 11.0 Å². The van der Waals surface area contributed by atoms with Gasteiger partial charge in [0.1, 0.15) is 11.9 Å². The largest absolute Gasteiger partial charge is 0.465 e. The Morgan fingerprint density at radius 2 is 2.32 bits per heavy atom. The quantitative estimate of drug-likeness (QED) is 0.558. The van der Waals surface area contributed by atoms with Gasteiger partial charge in [0.2, 0.25) is 0 Å². The molecule has 1 saturated heterocycles. The van der Waals surface area contributed by atoms with Crippen LogP contribution >= 0.6 is 0 Å². The predicted octanol–water partition coefficient (Wildman–Crippen LogP) is 0.964. The summed E-state index contributed by atoms with van der Waals surface area (Å²) in [7, 11) is 0. The van der Waals surface area contributed by atoms with Gasteiger partial charge in [-0.05, 0) is 18.4 Å². The number of aliphatic hydroxyl groups excluding tert-OH is 1. The minimum absolute atomic E-state index is 0.152. The number of aromatic nitrogens is 1. The van der Waals surface area contributed by atoms with E-state index in [-0.39, 0.29) is 24.3 Å². The summed E-state index contributed by atoms with van der Waals surface area (Å²) in [5.41, 5.74) is 0.537. The number of pyridine rings is 1. The molecule has 1 aliphatic rings. The van der Waals surface area contributed by atoms with Crippen LogP contribution in [0.3, 0.4) is 0 Å². The van der Waals surface area contributed by atoms with Crippen molar-refractivity contribution >= 4 is 17.5 Å². The van der Waals surface area contributed by atoms with E-state index in [1.807, 2.05) is 6.92 Å². The predicted molar refractivity (Wildman–Crippen MR) is 77.8 cm³/mol. The molecule has 1 aliphatic heterocycles. The lowest BCUT2D eigenvalue weighted by Crippen LogP contribution is -2.50. The lowest BCUT2D eigenvalue weighted by Gasteiger charge is -2.37. The molecule has 1 amide bonds. The summed E-state index contributed by atoms with van der Waals surface area (Å²) in [6, 6.07) is 1.18. The number of nitrogens with zero attached hydrogens (tertiary/aromatic N) is 3. The maximum Gasteiger partial charge on any atom is 0.404 e. The molecule has 1 fully saturated rings. The van der Waals surface area contributed by atoms with Gasteiger partial charge in [-0.15, -0.1) is 0 Å². The first-order valence-corrected chi connectivity index (χ1v) is 6.89. The van der Waals surface area contributed by atoms with Crippen molar-refractivity contribution in [2.45, 2.75) is 26.0 Å². The van der Waals surface area contributed by atoms with Gasteiger partial charge in [0.05, 0.1) is 17.2 Å². The van der Waals surface area contributed by atoms with Crippen LogP contribution < -0.4 is 10.2 Å². The van der Waals surface area contributed by atoms with Crippen molar-refractivity contribution in [3.05, 3.63) is 28.1 Å². The zero-order valence-corrected chi connectivity index (χ0v) is 12.1. The number of aliphatic hydroxyl groups is 1. The zero-order valence-electron chi connectivity index (χ0n) is 12.1. The fraction of sp³-hybridized carbons (Fsp3) is 0.538. The first-order valence-electron chi connectivity index (χ1n) is 6.89. The molecule has 22 heavy (non-hydrogen) atoms. The number of carboxylic acid groups (broad SMARTS) is 1. The van der Waals surface area contributed by atoms with Crippen molar-refractivity contribution < 1.29 is 19.9 Å². The van der Waals surface area contributed by atoms with E-state index >= 15 is 0 Å². The second-order valence-corrected chi connectivity index (χ2v) is 5.47. The second-order valence-electron chi connectivity index (χ2n) is 5.47. The van der Waals surface area contributed by atoms with Crippen molar-refractivity contribution in [1.29, 1.82) is 0 Å². The number of anilines is 1. The SMILES string of the molecule is C[C@@H]1C[C@H](NC(=O)O)CN(c2cc(CO)ncc2[N+](=O)[O-])C1. The molecule has 120 valence electrons. The molecule has 2 heterocycles. The summed E-state index contributed by atoms with van der Waals surface area (Å²) >= 11 is 0. The van der Waals surface area contributed by atoms with Crippen LogP contribution in [0.15, 0.2) is 12.3 Å². The maximum atomic E-state index is 11.2. The molecule has 1 aromatic heterocycles. The molecule has 0 bridgehead atoms. The number of nitrogens with one attached hydrogen (secondary N) is 1. The van der Waals surface area contributed by atoms with Crippen LogP contribution in [0.5, 0.6) is 0 Å². The maximum absolute atomic E-state index is 11.2. The summed E-state index contributed by atoms with van der Waals surface area (Å²) in [4.78, 5) is 27.1. The number of piperidine rings is 1. The lowest BCUT2D eigenvalue weighted by atomic mass is 9.95. The number of carbonyl (C=O) groups is 1. The Morgan fingerprint density at radius 1 is 1.59 bits per heavy atom. The van der Waals surface area contributed by atoms with Gasteiger partial charge in [-0.3, -0.25) is 15.1 Å². The van der Waals surface area contributed by atoms with E-state index in [1.165, 1.54) is 6.07 Å².